The lowest BCUT2D eigenvalue weighted by Crippen LogP contribution is -2.48. The largest absolute Gasteiger partial charge is 0.494 e. The number of carbonyl (C=O) groups is 1. The molecule has 0 spiro atoms. The van der Waals surface area contributed by atoms with Gasteiger partial charge in [0.2, 0.25) is 0 Å². The number of hydrogen-bond donors (Lipinski definition) is 0. The maximum absolute atomic E-state index is 12.5. The number of aromatic nitrogens is 1. The summed E-state index contributed by atoms with van der Waals surface area (Å²) in [6, 6.07) is 11.6. The molecule has 5 nitrogen and oxygen atoms in total. The molecule has 1 aromatic heterocycles. The Morgan fingerprint density at radius 2 is 1.84 bits per heavy atom. The summed E-state index contributed by atoms with van der Waals surface area (Å²) in [5, 5.41) is 0.400. The van der Waals surface area contributed by atoms with Crippen molar-refractivity contribution >= 4 is 17.5 Å². The Hall–Kier alpha value is -2.11. The van der Waals surface area contributed by atoms with Crippen LogP contribution in [0.25, 0.3) is 0 Å². The monoisotopic (exact) mass is 359 g/mol. The molecule has 25 heavy (non-hydrogen) atoms. The molecule has 0 unspecified atom stereocenters. The quantitative estimate of drug-likeness (QED) is 0.770. The van der Waals surface area contributed by atoms with Gasteiger partial charge in [0.15, 0.2) is 0 Å². The van der Waals surface area contributed by atoms with Gasteiger partial charge in [-0.05, 0) is 36.8 Å². The third-order valence-electron chi connectivity index (χ3n) is 4.27. The van der Waals surface area contributed by atoms with Gasteiger partial charge in [0, 0.05) is 38.9 Å². The van der Waals surface area contributed by atoms with Crippen molar-refractivity contribution in [3.8, 4) is 5.75 Å². The number of amides is 1. The van der Waals surface area contributed by atoms with Crippen molar-refractivity contribution in [3.63, 3.8) is 0 Å². The molecule has 0 saturated carbocycles. The molecule has 2 heterocycles. The zero-order valence-corrected chi connectivity index (χ0v) is 15.1. The van der Waals surface area contributed by atoms with Crippen LogP contribution in [0.1, 0.15) is 22.8 Å². The highest BCUT2D eigenvalue weighted by Crippen LogP contribution is 2.16. The van der Waals surface area contributed by atoms with Gasteiger partial charge in [-0.1, -0.05) is 23.7 Å². The molecule has 1 fully saturated rings. The van der Waals surface area contributed by atoms with Crippen LogP contribution in [0.2, 0.25) is 5.15 Å². The molecule has 0 radical (unpaired) electrons. The lowest BCUT2D eigenvalue weighted by Gasteiger charge is -2.34. The number of ether oxygens (including phenoxy) is 1. The highest BCUT2D eigenvalue weighted by molar-refractivity contribution is 6.29. The zero-order chi connectivity index (χ0) is 17.6. The van der Waals surface area contributed by atoms with Crippen molar-refractivity contribution < 1.29 is 9.53 Å². The van der Waals surface area contributed by atoms with E-state index < -0.39 is 0 Å². The molecule has 0 N–H and O–H groups in total. The lowest BCUT2D eigenvalue weighted by atomic mass is 10.1. The third kappa shape index (κ3) is 4.71. The van der Waals surface area contributed by atoms with E-state index in [1.54, 1.807) is 12.1 Å². The first-order chi connectivity index (χ1) is 12.2. The van der Waals surface area contributed by atoms with Crippen LogP contribution >= 0.6 is 11.6 Å². The van der Waals surface area contributed by atoms with Gasteiger partial charge in [-0.15, -0.1) is 0 Å². The summed E-state index contributed by atoms with van der Waals surface area (Å²) >= 11 is 5.78. The molecule has 1 saturated heterocycles. The van der Waals surface area contributed by atoms with E-state index in [0.717, 1.165) is 38.5 Å². The number of halogens is 1. The number of rotatable bonds is 5. The third-order valence-corrected chi connectivity index (χ3v) is 4.50. The molecular weight excluding hydrogens is 338 g/mol. The van der Waals surface area contributed by atoms with Crippen LogP contribution in [-0.2, 0) is 6.54 Å². The van der Waals surface area contributed by atoms with Crippen molar-refractivity contribution in [3.05, 3.63) is 58.9 Å². The maximum Gasteiger partial charge on any atom is 0.255 e. The molecule has 0 atom stereocenters. The fraction of sp³-hybridized carbons (Fsp3) is 0.368. The molecule has 1 aliphatic rings. The number of pyridine rings is 1. The summed E-state index contributed by atoms with van der Waals surface area (Å²) in [6.45, 7) is 6.71. The van der Waals surface area contributed by atoms with Crippen molar-refractivity contribution in [2.75, 3.05) is 32.8 Å². The average molecular weight is 360 g/mol. The van der Waals surface area contributed by atoms with Gasteiger partial charge in [-0.3, -0.25) is 9.69 Å². The molecule has 0 bridgehead atoms. The minimum Gasteiger partial charge on any atom is -0.494 e. The first-order valence-electron chi connectivity index (χ1n) is 8.50. The first-order valence-corrected chi connectivity index (χ1v) is 8.88. The molecule has 2 aromatic rings. The summed E-state index contributed by atoms with van der Waals surface area (Å²) < 4.78 is 5.47. The van der Waals surface area contributed by atoms with Gasteiger partial charge in [0.05, 0.1) is 12.2 Å². The fourth-order valence-electron chi connectivity index (χ4n) is 2.91. The Labute approximate surface area is 153 Å². The Morgan fingerprint density at radius 3 is 2.44 bits per heavy atom. The highest BCUT2D eigenvalue weighted by atomic mass is 35.5. The van der Waals surface area contributed by atoms with Crippen LogP contribution in [0.4, 0.5) is 0 Å². The molecule has 1 amide bonds. The van der Waals surface area contributed by atoms with Crippen molar-refractivity contribution in [2.24, 2.45) is 0 Å². The average Bonchev–Trinajstić information content (AvgIpc) is 2.64. The van der Waals surface area contributed by atoms with Crippen LogP contribution in [-0.4, -0.2) is 53.5 Å². The maximum atomic E-state index is 12.5. The van der Waals surface area contributed by atoms with Gasteiger partial charge >= 0.3 is 0 Å². The Bertz CT molecular complexity index is 696. The topological polar surface area (TPSA) is 45.7 Å². The van der Waals surface area contributed by atoms with Crippen LogP contribution in [0.3, 0.4) is 0 Å². The predicted octanol–water partition coefficient (Wildman–Crippen LogP) is 3.09. The van der Waals surface area contributed by atoms with Crippen molar-refractivity contribution in [1.29, 1.82) is 0 Å². The van der Waals surface area contributed by atoms with Gasteiger partial charge in [-0.25, -0.2) is 4.98 Å². The van der Waals surface area contributed by atoms with E-state index in [4.69, 9.17) is 16.3 Å². The van der Waals surface area contributed by atoms with Crippen LogP contribution in [0.5, 0.6) is 5.75 Å². The molecule has 1 aliphatic heterocycles. The molecular formula is C19H22ClN3O2. The van der Waals surface area contributed by atoms with Gasteiger partial charge in [-0.2, -0.15) is 0 Å². The van der Waals surface area contributed by atoms with E-state index in [2.05, 4.69) is 22.0 Å². The van der Waals surface area contributed by atoms with Crippen LogP contribution in [0.15, 0.2) is 42.6 Å². The Kier molecular flexibility index (Phi) is 5.89. The van der Waals surface area contributed by atoms with E-state index in [-0.39, 0.29) is 5.91 Å². The highest BCUT2D eigenvalue weighted by Gasteiger charge is 2.22. The van der Waals surface area contributed by atoms with Crippen molar-refractivity contribution in [2.45, 2.75) is 13.5 Å². The second-order valence-electron chi connectivity index (χ2n) is 6.01. The number of nitrogens with zero attached hydrogens (tertiary/aromatic N) is 3. The molecule has 1 aromatic carbocycles. The van der Waals surface area contributed by atoms with E-state index >= 15 is 0 Å². The standard InChI is InChI=1S/C19H22ClN3O2/c1-2-25-17-6-3-15(4-7-17)14-22-9-11-23(12-10-22)19(24)16-5-8-18(20)21-13-16/h3-8,13H,2,9-12,14H2,1H3. The Morgan fingerprint density at radius 1 is 1.12 bits per heavy atom. The minimum absolute atomic E-state index is 0.0184. The molecule has 3 rings (SSSR count). The Balaban J connectivity index is 1.51. The fourth-order valence-corrected chi connectivity index (χ4v) is 3.02. The SMILES string of the molecule is CCOc1ccc(CN2CCN(C(=O)c3ccc(Cl)nc3)CC2)cc1. The van der Waals surface area contributed by atoms with Gasteiger partial charge in [0.25, 0.3) is 5.91 Å². The molecule has 6 heteroatoms. The second-order valence-corrected chi connectivity index (χ2v) is 6.40. The predicted molar refractivity (Wildman–Crippen MR) is 98.0 cm³/mol. The lowest BCUT2D eigenvalue weighted by molar-refractivity contribution is 0.0628. The molecule has 132 valence electrons. The summed E-state index contributed by atoms with van der Waals surface area (Å²) in [5.41, 5.74) is 1.84. The second kappa shape index (κ2) is 8.32. The summed E-state index contributed by atoms with van der Waals surface area (Å²) in [6.07, 6.45) is 1.54. The van der Waals surface area contributed by atoms with Gasteiger partial charge < -0.3 is 9.64 Å². The summed E-state index contributed by atoms with van der Waals surface area (Å²) in [7, 11) is 0. The van der Waals surface area contributed by atoms with E-state index in [1.165, 1.54) is 11.8 Å². The number of benzene rings is 1. The van der Waals surface area contributed by atoms with Crippen LogP contribution in [0, 0.1) is 0 Å². The normalized spacial score (nSPS) is 15.2. The zero-order valence-electron chi connectivity index (χ0n) is 14.3. The van der Waals surface area contributed by atoms with E-state index in [9.17, 15) is 4.79 Å². The minimum atomic E-state index is 0.0184. The smallest absolute Gasteiger partial charge is 0.255 e. The summed E-state index contributed by atoms with van der Waals surface area (Å²) in [5.74, 6) is 0.920. The number of carbonyl (C=O) groups excluding carboxylic acids is 1. The van der Waals surface area contributed by atoms with E-state index in [1.807, 2.05) is 24.0 Å². The number of piperazine rings is 1. The summed E-state index contributed by atoms with van der Waals surface area (Å²) in [4.78, 5) is 20.7. The van der Waals surface area contributed by atoms with E-state index in [0.29, 0.717) is 17.3 Å². The molecule has 0 aliphatic carbocycles. The number of hydrogen-bond acceptors (Lipinski definition) is 4. The van der Waals surface area contributed by atoms with Crippen molar-refractivity contribution in [1.82, 2.24) is 14.8 Å². The van der Waals surface area contributed by atoms with Crippen LogP contribution < -0.4 is 4.74 Å². The van der Waals surface area contributed by atoms with Gasteiger partial charge in [0.1, 0.15) is 10.9 Å². The first kappa shape index (κ1) is 17.7.